The molecule has 0 amide bonds. The van der Waals surface area contributed by atoms with Crippen molar-refractivity contribution in [2.75, 3.05) is 6.61 Å². The zero-order valence-electron chi connectivity index (χ0n) is 19.6. The van der Waals surface area contributed by atoms with E-state index in [1.54, 1.807) is 19.9 Å². The van der Waals surface area contributed by atoms with Crippen LogP contribution in [-0.2, 0) is 18.6 Å². The maximum Gasteiger partial charge on any atom is 0.261 e. The van der Waals surface area contributed by atoms with Gasteiger partial charge in [0.05, 0.1) is 6.61 Å². The van der Waals surface area contributed by atoms with Gasteiger partial charge in [0.2, 0.25) is 5.79 Å². The molecule has 0 radical (unpaired) electrons. The Morgan fingerprint density at radius 2 is 1.53 bits per heavy atom. The van der Waals surface area contributed by atoms with Gasteiger partial charge in [-0.25, -0.2) is 0 Å². The molecule has 4 atom stereocenters. The van der Waals surface area contributed by atoms with Gasteiger partial charge in [0.1, 0.15) is 18.3 Å². The van der Waals surface area contributed by atoms with E-state index >= 15 is 0 Å². The van der Waals surface area contributed by atoms with Crippen LogP contribution in [0.4, 0.5) is 0 Å². The van der Waals surface area contributed by atoms with Crippen LogP contribution in [0, 0.1) is 0 Å². The number of aliphatic hydroxyl groups excluding tert-OH is 1. The Morgan fingerprint density at radius 3 is 1.97 bits per heavy atom. The summed E-state index contributed by atoms with van der Waals surface area (Å²) in [7, 11) is -2.74. The Labute approximate surface area is 192 Å². The van der Waals surface area contributed by atoms with Crippen LogP contribution < -0.4 is 10.4 Å². The van der Waals surface area contributed by atoms with Gasteiger partial charge in [0.15, 0.2) is 5.79 Å². The summed E-state index contributed by atoms with van der Waals surface area (Å²) in [6, 6.07) is 20.8. The van der Waals surface area contributed by atoms with E-state index in [4.69, 9.17) is 18.6 Å². The SMILES string of the molecule is C=C[C@@]12O[C@@H](CO[Si](c3ccccc3)(c3ccccc3)C(C)(C)C)[C@H](O)[C@@H]1OC(C)(C)O2. The van der Waals surface area contributed by atoms with Gasteiger partial charge in [-0.1, -0.05) is 88.0 Å². The Morgan fingerprint density at radius 1 is 1.00 bits per heavy atom. The molecule has 2 aromatic rings. The summed E-state index contributed by atoms with van der Waals surface area (Å²) in [5.74, 6) is -2.04. The summed E-state index contributed by atoms with van der Waals surface area (Å²) in [5.41, 5.74) is 0. The molecule has 1 N–H and O–H groups in total. The van der Waals surface area contributed by atoms with E-state index in [0.29, 0.717) is 0 Å². The highest BCUT2D eigenvalue weighted by atomic mass is 28.4. The first-order chi connectivity index (χ1) is 15.0. The lowest BCUT2D eigenvalue weighted by molar-refractivity contribution is -0.245. The van der Waals surface area contributed by atoms with E-state index < -0.39 is 38.2 Å². The van der Waals surface area contributed by atoms with Crippen molar-refractivity contribution < 1.29 is 23.7 Å². The van der Waals surface area contributed by atoms with Crippen molar-refractivity contribution in [3.05, 3.63) is 73.3 Å². The van der Waals surface area contributed by atoms with Crippen LogP contribution in [-0.4, -0.2) is 49.9 Å². The Bertz CT molecular complexity index is 900. The Balaban J connectivity index is 1.69. The minimum Gasteiger partial charge on any atom is -0.405 e. The number of fused-ring (bicyclic) bond motifs is 1. The van der Waals surface area contributed by atoms with E-state index in [9.17, 15) is 5.11 Å². The average Bonchev–Trinajstić information content (AvgIpc) is 3.17. The standard InChI is InChI=1S/C26H34O5Si/c1-7-26-23(30-25(5,6)31-26)22(27)21(29-26)18-28-32(24(2,3)4,19-14-10-8-11-15-19)20-16-12-9-13-17-20/h7-17,21-23,27H,1,18H2,2-6H3/t21-,22-,23-,26-/m0/s1. The van der Waals surface area contributed by atoms with Gasteiger partial charge in [-0.3, -0.25) is 0 Å². The molecule has 2 saturated heterocycles. The topological polar surface area (TPSA) is 57.2 Å². The van der Waals surface area contributed by atoms with Crippen LogP contribution in [0.5, 0.6) is 0 Å². The molecule has 0 unspecified atom stereocenters. The monoisotopic (exact) mass is 454 g/mol. The minimum atomic E-state index is -2.74. The van der Waals surface area contributed by atoms with Crippen LogP contribution in [0.2, 0.25) is 5.04 Å². The van der Waals surface area contributed by atoms with Gasteiger partial charge < -0.3 is 23.7 Å². The number of ether oxygens (including phenoxy) is 3. The lowest BCUT2D eigenvalue weighted by Gasteiger charge is -2.43. The van der Waals surface area contributed by atoms with Gasteiger partial charge in [0, 0.05) is 0 Å². The number of hydrogen-bond donors (Lipinski definition) is 1. The highest BCUT2D eigenvalue weighted by molar-refractivity contribution is 6.99. The third-order valence-electron chi connectivity index (χ3n) is 6.40. The summed E-state index contributed by atoms with van der Waals surface area (Å²) in [6.07, 6.45) is -0.565. The molecule has 2 fully saturated rings. The van der Waals surface area contributed by atoms with Gasteiger partial charge >= 0.3 is 0 Å². The van der Waals surface area contributed by atoms with Crippen molar-refractivity contribution in [1.82, 2.24) is 0 Å². The molecule has 0 aliphatic carbocycles. The summed E-state index contributed by atoms with van der Waals surface area (Å²) in [5, 5.41) is 13.3. The number of aliphatic hydroxyl groups is 1. The van der Waals surface area contributed by atoms with Crippen molar-refractivity contribution >= 4 is 18.7 Å². The van der Waals surface area contributed by atoms with Crippen molar-refractivity contribution in [1.29, 1.82) is 0 Å². The first kappa shape index (κ1) is 23.4. The predicted octanol–water partition coefficient (Wildman–Crippen LogP) is 3.36. The van der Waals surface area contributed by atoms with Crippen molar-refractivity contribution in [2.24, 2.45) is 0 Å². The lowest BCUT2D eigenvalue weighted by Crippen LogP contribution is -2.67. The number of benzene rings is 2. The third kappa shape index (κ3) is 3.79. The molecule has 172 valence electrons. The Hall–Kier alpha value is -1.80. The van der Waals surface area contributed by atoms with Crippen molar-refractivity contribution in [3.8, 4) is 0 Å². The molecule has 32 heavy (non-hydrogen) atoms. The fourth-order valence-electron chi connectivity index (χ4n) is 5.06. The maximum atomic E-state index is 11.1. The highest BCUT2D eigenvalue weighted by Crippen LogP contribution is 2.46. The summed E-state index contributed by atoms with van der Waals surface area (Å²) in [4.78, 5) is 0. The first-order valence-corrected chi connectivity index (χ1v) is 13.1. The van der Waals surface area contributed by atoms with Crippen LogP contribution >= 0.6 is 0 Å². The van der Waals surface area contributed by atoms with Crippen molar-refractivity contribution in [3.63, 3.8) is 0 Å². The van der Waals surface area contributed by atoms with Crippen molar-refractivity contribution in [2.45, 2.75) is 69.5 Å². The molecule has 6 heteroatoms. The fourth-order valence-corrected chi connectivity index (χ4v) is 9.63. The largest absolute Gasteiger partial charge is 0.405 e. The quantitative estimate of drug-likeness (QED) is 0.536. The molecule has 2 heterocycles. The lowest BCUT2D eigenvalue weighted by atomic mass is 10.1. The van der Waals surface area contributed by atoms with E-state index in [-0.39, 0.29) is 11.6 Å². The first-order valence-electron chi connectivity index (χ1n) is 11.2. The van der Waals surface area contributed by atoms with Gasteiger partial charge in [-0.05, 0) is 35.3 Å². The molecular formula is C26H34O5Si. The molecule has 2 aliphatic heterocycles. The summed E-state index contributed by atoms with van der Waals surface area (Å²) in [6.45, 7) is 14.4. The predicted molar refractivity (Wildman–Crippen MR) is 127 cm³/mol. The summed E-state index contributed by atoms with van der Waals surface area (Å²) < 4.78 is 25.1. The summed E-state index contributed by atoms with van der Waals surface area (Å²) >= 11 is 0. The maximum absolute atomic E-state index is 11.1. The second-order valence-electron chi connectivity index (χ2n) is 10.1. The molecule has 5 nitrogen and oxygen atoms in total. The molecular weight excluding hydrogens is 420 g/mol. The van der Waals surface area contributed by atoms with Gasteiger partial charge in [-0.15, -0.1) is 0 Å². The van der Waals surface area contributed by atoms with Crippen LogP contribution in [0.3, 0.4) is 0 Å². The molecule has 0 saturated carbocycles. The average molecular weight is 455 g/mol. The van der Waals surface area contributed by atoms with E-state index in [1.807, 2.05) is 12.1 Å². The van der Waals surface area contributed by atoms with Gasteiger partial charge in [-0.2, -0.15) is 0 Å². The molecule has 0 bridgehead atoms. The second-order valence-corrected chi connectivity index (χ2v) is 14.4. The van der Waals surface area contributed by atoms with Crippen LogP contribution in [0.1, 0.15) is 34.6 Å². The van der Waals surface area contributed by atoms with E-state index in [1.165, 1.54) is 10.4 Å². The molecule has 2 aliphatic rings. The number of rotatable bonds is 6. The number of hydrogen-bond acceptors (Lipinski definition) is 5. The smallest absolute Gasteiger partial charge is 0.261 e. The molecule has 0 spiro atoms. The minimum absolute atomic E-state index is 0.166. The Kier molecular flexibility index (Phi) is 5.99. The second kappa shape index (κ2) is 8.20. The zero-order valence-corrected chi connectivity index (χ0v) is 20.6. The zero-order chi connectivity index (χ0) is 23.2. The third-order valence-corrected chi connectivity index (χ3v) is 11.4. The van der Waals surface area contributed by atoms with E-state index in [2.05, 4.69) is 75.9 Å². The normalized spacial score (nSPS) is 29.6. The fraction of sp³-hybridized carbons (Fsp3) is 0.462. The molecule has 2 aromatic carbocycles. The van der Waals surface area contributed by atoms with Crippen LogP contribution in [0.15, 0.2) is 73.3 Å². The molecule has 0 aromatic heterocycles. The van der Waals surface area contributed by atoms with E-state index in [0.717, 1.165) is 0 Å². The highest BCUT2D eigenvalue weighted by Gasteiger charge is 2.63. The van der Waals surface area contributed by atoms with Crippen LogP contribution in [0.25, 0.3) is 0 Å². The van der Waals surface area contributed by atoms with Gasteiger partial charge in [0.25, 0.3) is 8.32 Å². The molecule has 4 rings (SSSR count).